The Bertz CT molecular complexity index is 1620. The minimum absolute atomic E-state index is 0.00412. The molecule has 3 heterocycles. The number of aromatic hydroxyl groups is 4. The summed E-state index contributed by atoms with van der Waals surface area (Å²) < 4.78 is 11.5. The van der Waals surface area contributed by atoms with Crippen LogP contribution >= 0.6 is 0 Å². The van der Waals surface area contributed by atoms with Crippen molar-refractivity contribution in [3.63, 3.8) is 0 Å². The van der Waals surface area contributed by atoms with E-state index in [0.717, 1.165) is 11.6 Å². The average Bonchev–Trinajstić information content (AvgIpc) is 3.37. The van der Waals surface area contributed by atoms with Gasteiger partial charge in [-0.25, -0.2) is 5.43 Å². The van der Waals surface area contributed by atoms with Crippen LogP contribution in [0.4, 0.5) is 0 Å². The number of benzene rings is 3. The van der Waals surface area contributed by atoms with Gasteiger partial charge in [-0.2, -0.15) is 0 Å². The van der Waals surface area contributed by atoms with Gasteiger partial charge in [0.15, 0.2) is 17.3 Å². The van der Waals surface area contributed by atoms with Crippen molar-refractivity contribution in [2.45, 2.75) is 18.4 Å². The Labute approximate surface area is 209 Å². The molecule has 0 radical (unpaired) electrons. The third-order valence-corrected chi connectivity index (χ3v) is 7.04. The second kappa shape index (κ2) is 8.54. The van der Waals surface area contributed by atoms with E-state index >= 15 is 0 Å². The topological polar surface area (TPSA) is 161 Å². The van der Waals surface area contributed by atoms with Crippen molar-refractivity contribution in [2.75, 3.05) is 6.54 Å². The lowest BCUT2D eigenvalue weighted by Gasteiger charge is -2.32. The Balaban J connectivity index is 1.59. The summed E-state index contributed by atoms with van der Waals surface area (Å²) in [5.41, 5.74) is 7.05. The molecule has 10 nitrogen and oxygen atoms in total. The number of phenolic OH excluding ortho intramolecular Hbond substituents is 3. The Kier molecular flexibility index (Phi) is 5.28. The van der Waals surface area contributed by atoms with Gasteiger partial charge in [0, 0.05) is 35.6 Å². The number of carbonyl (C=O) groups is 1. The predicted octanol–water partition coefficient (Wildman–Crippen LogP) is 3.14. The van der Waals surface area contributed by atoms with E-state index in [4.69, 9.17) is 9.15 Å². The highest BCUT2D eigenvalue weighted by Crippen LogP contribution is 2.50. The molecular weight excluding hydrogens is 480 g/mol. The molecule has 1 saturated heterocycles. The molecule has 0 saturated carbocycles. The number of phenols is 3. The van der Waals surface area contributed by atoms with Crippen molar-refractivity contribution in [1.82, 2.24) is 10.9 Å². The van der Waals surface area contributed by atoms with Crippen molar-refractivity contribution in [3.05, 3.63) is 75.9 Å². The Morgan fingerprint density at radius 1 is 0.892 bits per heavy atom. The zero-order chi connectivity index (χ0) is 25.8. The number of carbonyl (C=O) groups excluding carboxylic acids is 1. The fourth-order valence-electron chi connectivity index (χ4n) is 5.32. The fourth-order valence-corrected chi connectivity index (χ4v) is 5.32. The highest BCUT2D eigenvalue weighted by atomic mass is 16.5. The maximum absolute atomic E-state index is 13.2. The van der Waals surface area contributed by atoms with Gasteiger partial charge in [-0.05, 0) is 23.8 Å². The molecule has 3 aromatic carbocycles. The van der Waals surface area contributed by atoms with E-state index in [1.807, 2.05) is 30.3 Å². The standard InChI is InChI=1S/C27H22N2O8/c30-16-7-6-13(8-17(16)31)26-25(35)24(34)22-18(32)10-19-21(27(22)37-26)14(9-20(33)36-19)15-11-28-29-23(15)12-4-2-1-3-5-12/h1-8,10,14-15,23,28-32,35H,9,11H2. The molecule has 1 fully saturated rings. The van der Waals surface area contributed by atoms with E-state index in [1.54, 1.807) is 0 Å². The van der Waals surface area contributed by atoms with Gasteiger partial charge in [-0.15, -0.1) is 0 Å². The van der Waals surface area contributed by atoms with Crippen molar-refractivity contribution in [1.29, 1.82) is 0 Å². The summed E-state index contributed by atoms with van der Waals surface area (Å²) in [6.45, 7) is 0.500. The molecule has 0 bridgehead atoms. The molecule has 6 N–H and O–H groups in total. The first kappa shape index (κ1) is 22.9. The first-order valence-electron chi connectivity index (χ1n) is 11.7. The minimum atomic E-state index is -0.887. The number of fused-ring (bicyclic) bond motifs is 3. The highest BCUT2D eigenvalue weighted by Gasteiger charge is 2.42. The van der Waals surface area contributed by atoms with E-state index < -0.39 is 34.6 Å². The molecule has 3 unspecified atom stereocenters. The molecular formula is C27H22N2O8. The number of nitrogens with one attached hydrogen (secondary N) is 2. The van der Waals surface area contributed by atoms with Gasteiger partial charge in [0.25, 0.3) is 0 Å². The van der Waals surface area contributed by atoms with Crippen LogP contribution in [0.15, 0.2) is 63.8 Å². The van der Waals surface area contributed by atoms with Crippen LogP contribution in [-0.4, -0.2) is 32.9 Å². The maximum atomic E-state index is 13.2. The summed E-state index contributed by atoms with van der Waals surface area (Å²) in [5, 5.41) is 40.8. The monoisotopic (exact) mass is 502 g/mol. The van der Waals surface area contributed by atoms with Crippen LogP contribution < -0.4 is 21.0 Å². The van der Waals surface area contributed by atoms with Crippen LogP contribution in [0.25, 0.3) is 22.3 Å². The van der Waals surface area contributed by atoms with E-state index in [1.165, 1.54) is 18.2 Å². The van der Waals surface area contributed by atoms with Gasteiger partial charge in [-0.1, -0.05) is 30.3 Å². The van der Waals surface area contributed by atoms with Crippen LogP contribution in [0.2, 0.25) is 0 Å². The number of rotatable bonds is 3. The quantitative estimate of drug-likeness (QED) is 0.139. The molecule has 3 atom stereocenters. The Morgan fingerprint density at radius 3 is 2.43 bits per heavy atom. The maximum Gasteiger partial charge on any atom is 0.311 e. The summed E-state index contributed by atoms with van der Waals surface area (Å²) in [7, 11) is 0. The van der Waals surface area contributed by atoms with Crippen molar-refractivity contribution in [3.8, 4) is 40.1 Å². The fraction of sp³-hybridized carbons (Fsp3) is 0.185. The number of hydrogen-bond acceptors (Lipinski definition) is 10. The van der Waals surface area contributed by atoms with Crippen LogP contribution in [-0.2, 0) is 4.79 Å². The summed E-state index contributed by atoms with van der Waals surface area (Å²) >= 11 is 0. The van der Waals surface area contributed by atoms with Crippen LogP contribution in [0, 0.1) is 5.92 Å². The molecule has 6 rings (SSSR count). The molecule has 10 heteroatoms. The summed E-state index contributed by atoms with van der Waals surface area (Å²) in [6, 6.07) is 14.4. The largest absolute Gasteiger partial charge is 0.507 e. The second-order valence-corrected chi connectivity index (χ2v) is 9.19. The molecule has 188 valence electrons. The normalized spacial score (nSPS) is 21.1. The molecule has 1 aromatic heterocycles. The van der Waals surface area contributed by atoms with Crippen LogP contribution in [0.3, 0.4) is 0 Å². The summed E-state index contributed by atoms with van der Waals surface area (Å²) in [5.74, 6) is -3.46. The van der Waals surface area contributed by atoms with Gasteiger partial charge in [0.1, 0.15) is 22.5 Å². The molecule has 0 aliphatic carbocycles. The minimum Gasteiger partial charge on any atom is -0.507 e. The molecule has 2 aliphatic rings. The lowest BCUT2D eigenvalue weighted by atomic mass is 9.76. The van der Waals surface area contributed by atoms with E-state index in [-0.39, 0.29) is 52.2 Å². The molecule has 4 aromatic rings. The van der Waals surface area contributed by atoms with E-state index in [9.17, 15) is 30.0 Å². The van der Waals surface area contributed by atoms with Crippen LogP contribution in [0.1, 0.15) is 29.5 Å². The summed E-state index contributed by atoms with van der Waals surface area (Å²) in [6.07, 6.45) is 0.00412. The second-order valence-electron chi connectivity index (χ2n) is 9.19. The Morgan fingerprint density at radius 2 is 1.68 bits per heavy atom. The van der Waals surface area contributed by atoms with Crippen molar-refractivity contribution < 1.29 is 34.4 Å². The van der Waals surface area contributed by atoms with E-state index in [2.05, 4.69) is 10.9 Å². The number of ether oxygens (including phenoxy) is 1. The third kappa shape index (κ3) is 3.65. The average molecular weight is 502 g/mol. The number of esters is 1. The van der Waals surface area contributed by atoms with Crippen molar-refractivity contribution >= 4 is 16.9 Å². The number of hydrogen-bond donors (Lipinski definition) is 6. The molecule has 0 spiro atoms. The van der Waals surface area contributed by atoms with Gasteiger partial charge in [0.2, 0.25) is 11.2 Å². The zero-order valence-electron chi connectivity index (χ0n) is 19.3. The molecule has 2 aliphatic heterocycles. The van der Waals surface area contributed by atoms with Crippen molar-refractivity contribution in [2.24, 2.45) is 5.92 Å². The molecule has 0 amide bonds. The van der Waals surface area contributed by atoms with Crippen LogP contribution in [0.5, 0.6) is 28.7 Å². The van der Waals surface area contributed by atoms with Gasteiger partial charge in [0.05, 0.1) is 12.5 Å². The highest BCUT2D eigenvalue weighted by molar-refractivity contribution is 5.94. The first-order valence-corrected chi connectivity index (χ1v) is 11.7. The zero-order valence-corrected chi connectivity index (χ0v) is 19.3. The van der Waals surface area contributed by atoms with Gasteiger partial charge < -0.3 is 29.6 Å². The van der Waals surface area contributed by atoms with Gasteiger partial charge in [-0.3, -0.25) is 15.0 Å². The predicted molar refractivity (Wildman–Crippen MR) is 131 cm³/mol. The summed E-state index contributed by atoms with van der Waals surface area (Å²) in [4.78, 5) is 25.9. The third-order valence-electron chi connectivity index (χ3n) is 7.04. The van der Waals surface area contributed by atoms with E-state index in [0.29, 0.717) is 12.1 Å². The first-order chi connectivity index (χ1) is 17.8. The van der Waals surface area contributed by atoms with Gasteiger partial charge >= 0.3 is 5.97 Å². The smallest absolute Gasteiger partial charge is 0.311 e. The lowest BCUT2D eigenvalue weighted by molar-refractivity contribution is -0.136. The Hall–Kier alpha value is -4.54. The SMILES string of the molecule is O=C1CC(C2CNNC2c2ccccc2)c2c(cc(O)c3c(=O)c(O)c(-c4ccc(O)c(O)c4)oc23)O1. The molecule has 37 heavy (non-hydrogen) atoms. The lowest BCUT2D eigenvalue weighted by Crippen LogP contribution is -2.30. The number of hydrazine groups is 1.